The molecule has 1 aliphatic rings. The van der Waals surface area contributed by atoms with Crippen LogP contribution in [-0.4, -0.2) is 50.1 Å². The number of benzene rings is 2. The number of carbonyl (C=O) groups is 1. The normalized spacial score (nSPS) is 17.5. The average molecular weight is 460 g/mol. The van der Waals surface area contributed by atoms with Gasteiger partial charge in [-0.15, -0.1) is 0 Å². The van der Waals surface area contributed by atoms with E-state index in [2.05, 4.69) is 0 Å². The van der Waals surface area contributed by atoms with E-state index < -0.39 is 15.9 Å². The van der Waals surface area contributed by atoms with Crippen molar-refractivity contribution in [1.82, 2.24) is 9.29 Å². The van der Waals surface area contributed by atoms with Crippen molar-refractivity contribution < 1.29 is 17.9 Å². The van der Waals surface area contributed by atoms with Crippen molar-refractivity contribution in [2.24, 2.45) is 5.92 Å². The van der Waals surface area contributed by atoms with Crippen LogP contribution in [0.25, 0.3) is 10.2 Å². The minimum atomic E-state index is -3.33. The number of hydrogen-bond donors (Lipinski definition) is 0. The number of hydrogen-bond acceptors (Lipinski definition) is 6. The predicted octanol–water partition coefficient (Wildman–Crippen LogP) is 3.51. The van der Waals surface area contributed by atoms with Crippen LogP contribution < -0.4 is 9.64 Å². The second-order valence-electron chi connectivity index (χ2n) is 7.70. The number of amides is 1. The number of rotatable bonds is 6. The van der Waals surface area contributed by atoms with E-state index in [4.69, 9.17) is 9.72 Å². The fourth-order valence-electron chi connectivity index (χ4n) is 3.81. The number of sulfonamides is 1. The van der Waals surface area contributed by atoms with Crippen molar-refractivity contribution in [2.75, 3.05) is 31.4 Å². The number of methoxy groups -OCH3 is 1. The quantitative estimate of drug-likeness (QED) is 0.564. The van der Waals surface area contributed by atoms with Crippen LogP contribution in [0.5, 0.6) is 5.75 Å². The van der Waals surface area contributed by atoms with Gasteiger partial charge < -0.3 is 4.74 Å². The number of thiazole rings is 1. The van der Waals surface area contributed by atoms with Gasteiger partial charge in [0.1, 0.15) is 5.75 Å². The van der Waals surface area contributed by atoms with Gasteiger partial charge in [-0.05, 0) is 36.6 Å². The number of aromatic nitrogens is 1. The van der Waals surface area contributed by atoms with Gasteiger partial charge in [0.2, 0.25) is 15.9 Å². The molecule has 0 bridgehead atoms. The maximum absolute atomic E-state index is 13.6. The summed E-state index contributed by atoms with van der Waals surface area (Å²) in [7, 11) is -1.72. The zero-order valence-corrected chi connectivity index (χ0v) is 19.2. The van der Waals surface area contributed by atoms with Gasteiger partial charge in [0.05, 0.1) is 36.0 Å². The van der Waals surface area contributed by atoms with Crippen molar-refractivity contribution in [3.05, 3.63) is 54.1 Å². The highest BCUT2D eigenvalue weighted by Crippen LogP contribution is 2.34. The highest BCUT2D eigenvalue weighted by Gasteiger charge is 2.34. The maximum atomic E-state index is 13.6. The minimum absolute atomic E-state index is 0.0942. The lowest BCUT2D eigenvalue weighted by Crippen LogP contribution is -2.46. The Hall–Kier alpha value is -2.49. The van der Waals surface area contributed by atoms with Crippen LogP contribution in [0.2, 0.25) is 0 Å². The third-order valence-corrected chi connectivity index (χ3v) is 7.78. The molecule has 0 unspecified atom stereocenters. The highest BCUT2D eigenvalue weighted by atomic mass is 32.2. The van der Waals surface area contributed by atoms with Gasteiger partial charge in [-0.25, -0.2) is 17.7 Å². The summed E-state index contributed by atoms with van der Waals surface area (Å²) >= 11 is 1.43. The molecule has 1 atom stereocenters. The Kier molecular flexibility index (Phi) is 6.27. The molecule has 4 rings (SSSR count). The summed E-state index contributed by atoms with van der Waals surface area (Å²) < 4.78 is 31.7. The topological polar surface area (TPSA) is 79.8 Å². The molecule has 2 aromatic carbocycles. The molecule has 2 heterocycles. The predicted molar refractivity (Wildman–Crippen MR) is 123 cm³/mol. The van der Waals surface area contributed by atoms with E-state index >= 15 is 0 Å². The monoisotopic (exact) mass is 459 g/mol. The standard InChI is InChI=1S/C22H25N3O4S2/c1-29-18-10-11-19-20(13-18)30-22(23-19)25(14-16-7-4-3-5-8-16)21(26)17-9-6-12-24(15-17)31(2,27)28/h3-5,7-8,10-11,13,17H,6,9,12,14-15H2,1-2H3/t17-/m1/s1. The Morgan fingerprint density at radius 2 is 2.03 bits per heavy atom. The van der Waals surface area contributed by atoms with Crippen molar-refractivity contribution in [1.29, 1.82) is 0 Å². The van der Waals surface area contributed by atoms with Gasteiger partial charge in [0.15, 0.2) is 5.13 Å². The van der Waals surface area contributed by atoms with E-state index in [1.807, 2.05) is 48.5 Å². The summed E-state index contributed by atoms with van der Waals surface area (Å²) in [5.41, 5.74) is 1.79. The first kappa shape index (κ1) is 21.7. The van der Waals surface area contributed by atoms with Gasteiger partial charge in [-0.2, -0.15) is 0 Å². The van der Waals surface area contributed by atoms with Crippen LogP contribution in [-0.2, 0) is 21.4 Å². The van der Waals surface area contributed by atoms with Crippen LogP contribution in [0.3, 0.4) is 0 Å². The molecule has 1 aromatic heterocycles. The van der Waals surface area contributed by atoms with Crippen LogP contribution in [0.1, 0.15) is 18.4 Å². The molecule has 1 amide bonds. The molecule has 164 valence electrons. The van der Waals surface area contributed by atoms with Gasteiger partial charge >= 0.3 is 0 Å². The molecule has 0 saturated carbocycles. The number of carbonyl (C=O) groups excluding carboxylic acids is 1. The zero-order chi connectivity index (χ0) is 22.0. The van der Waals surface area contributed by atoms with Crippen molar-refractivity contribution in [3.8, 4) is 5.75 Å². The van der Waals surface area contributed by atoms with E-state index in [1.165, 1.54) is 21.9 Å². The number of anilines is 1. The molecule has 1 fully saturated rings. The fourth-order valence-corrected chi connectivity index (χ4v) is 5.72. The second-order valence-corrected chi connectivity index (χ2v) is 10.7. The Balaban J connectivity index is 1.68. The molecular formula is C22H25N3O4S2. The largest absolute Gasteiger partial charge is 0.497 e. The molecule has 0 radical (unpaired) electrons. The van der Waals surface area contributed by atoms with Crippen LogP contribution in [0.4, 0.5) is 5.13 Å². The molecule has 7 nitrogen and oxygen atoms in total. The Morgan fingerprint density at radius 1 is 1.26 bits per heavy atom. The van der Waals surface area contributed by atoms with Crippen molar-refractivity contribution >= 4 is 42.6 Å². The summed E-state index contributed by atoms with van der Waals surface area (Å²) in [5, 5.41) is 0.605. The molecule has 1 saturated heterocycles. The van der Waals surface area contributed by atoms with Crippen LogP contribution in [0.15, 0.2) is 48.5 Å². The Bertz CT molecular complexity index is 1180. The molecule has 31 heavy (non-hydrogen) atoms. The maximum Gasteiger partial charge on any atom is 0.233 e. The molecule has 9 heteroatoms. The summed E-state index contributed by atoms with van der Waals surface area (Å²) in [6.07, 6.45) is 2.52. The highest BCUT2D eigenvalue weighted by molar-refractivity contribution is 7.88. The third kappa shape index (κ3) is 4.89. The summed E-state index contributed by atoms with van der Waals surface area (Å²) in [5.74, 6) is 0.247. The first-order valence-corrected chi connectivity index (χ1v) is 12.8. The van der Waals surface area contributed by atoms with E-state index in [1.54, 1.807) is 12.0 Å². The summed E-state index contributed by atoms with van der Waals surface area (Å²) in [4.78, 5) is 20.0. The summed E-state index contributed by atoms with van der Waals surface area (Å²) in [6.45, 7) is 1.05. The van der Waals surface area contributed by atoms with E-state index in [0.29, 0.717) is 31.1 Å². The lowest BCUT2D eigenvalue weighted by molar-refractivity contribution is -0.123. The SMILES string of the molecule is COc1ccc2nc(N(Cc3ccccc3)C(=O)[C@@H]3CCCN(S(C)(=O)=O)C3)sc2c1. The number of fused-ring (bicyclic) bond motifs is 1. The first-order valence-electron chi connectivity index (χ1n) is 10.1. The molecule has 1 aliphatic heterocycles. The smallest absolute Gasteiger partial charge is 0.233 e. The molecular weight excluding hydrogens is 434 g/mol. The Labute approximate surface area is 186 Å². The number of nitrogens with zero attached hydrogens (tertiary/aromatic N) is 3. The summed E-state index contributed by atoms with van der Waals surface area (Å²) in [6, 6.07) is 15.4. The van der Waals surface area contributed by atoms with Crippen molar-refractivity contribution in [2.45, 2.75) is 19.4 Å². The number of piperidine rings is 1. The van der Waals surface area contributed by atoms with Crippen molar-refractivity contribution in [3.63, 3.8) is 0 Å². The fraction of sp³-hybridized carbons (Fsp3) is 0.364. The molecule has 0 N–H and O–H groups in total. The molecule has 0 spiro atoms. The van der Waals surface area contributed by atoms with Gasteiger partial charge in [-0.3, -0.25) is 9.69 Å². The average Bonchev–Trinajstić information content (AvgIpc) is 3.20. The second kappa shape index (κ2) is 8.94. The number of ether oxygens (including phenoxy) is 1. The lowest BCUT2D eigenvalue weighted by Gasteiger charge is -2.33. The van der Waals surface area contributed by atoms with Gasteiger partial charge in [-0.1, -0.05) is 41.7 Å². The zero-order valence-electron chi connectivity index (χ0n) is 17.5. The molecule has 3 aromatic rings. The molecule has 0 aliphatic carbocycles. The first-order chi connectivity index (χ1) is 14.8. The third-order valence-electron chi connectivity index (χ3n) is 5.47. The van der Waals surface area contributed by atoms with Gasteiger partial charge in [0.25, 0.3) is 0 Å². The Morgan fingerprint density at radius 3 is 2.74 bits per heavy atom. The van der Waals surface area contributed by atoms with E-state index in [0.717, 1.165) is 21.5 Å². The van der Waals surface area contributed by atoms with E-state index in [9.17, 15) is 13.2 Å². The van der Waals surface area contributed by atoms with Crippen LogP contribution in [0, 0.1) is 5.92 Å². The van der Waals surface area contributed by atoms with Gasteiger partial charge in [0, 0.05) is 13.1 Å². The van der Waals surface area contributed by atoms with E-state index in [-0.39, 0.29) is 12.5 Å². The lowest BCUT2D eigenvalue weighted by atomic mass is 9.98. The van der Waals surface area contributed by atoms with Crippen LogP contribution >= 0.6 is 11.3 Å². The minimum Gasteiger partial charge on any atom is -0.497 e.